The Labute approximate surface area is 137 Å². The fraction of sp³-hybridized carbons (Fsp3) is 0.188. The van der Waals surface area contributed by atoms with Crippen LogP contribution in [-0.2, 0) is 13.0 Å². The lowest BCUT2D eigenvalue weighted by atomic mass is 10.1. The molecular weight excluding hydrogens is 308 g/mol. The van der Waals surface area contributed by atoms with Gasteiger partial charge in [-0.25, -0.2) is 4.79 Å². The fourth-order valence-corrected chi connectivity index (χ4v) is 2.55. The van der Waals surface area contributed by atoms with Crippen LogP contribution in [0.15, 0.2) is 30.5 Å². The molecule has 0 atom stereocenters. The van der Waals surface area contributed by atoms with Crippen molar-refractivity contribution in [1.29, 1.82) is 0 Å². The minimum absolute atomic E-state index is 0.145. The lowest BCUT2D eigenvalue weighted by Crippen LogP contribution is -2.16. The van der Waals surface area contributed by atoms with Crippen molar-refractivity contribution in [1.82, 2.24) is 20.3 Å². The van der Waals surface area contributed by atoms with Crippen molar-refractivity contribution in [2.75, 3.05) is 18.0 Å². The van der Waals surface area contributed by atoms with E-state index in [4.69, 9.17) is 16.6 Å². The maximum atomic E-state index is 10.8. The molecule has 0 spiro atoms. The third-order valence-electron chi connectivity index (χ3n) is 3.77. The molecule has 8 heteroatoms. The first-order valence-electron chi connectivity index (χ1n) is 7.46. The number of carboxylic acid groups (broad SMARTS) is 1. The number of aromatic nitrogens is 3. The summed E-state index contributed by atoms with van der Waals surface area (Å²) in [6.07, 6.45) is 2.63. The summed E-state index contributed by atoms with van der Waals surface area (Å²) in [5.74, 6) is -0.412. The molecular formula is C16H18N6O2. The number of aromatic amines is 1. The van der Waals surface area contributed by atoms with Crippen LogP contribution in [0.2, 0.25) is 0 Å². The second-order valence-corrected chi connectivity index (χ2v) is 5.43. The van der Waals surface area contributed by atoms with Gasteiger partial charge in [0, 0.05) is 12.7 Å². The van der Waals surface area contributed by atoms with Crippen LogP contribution >= 0.6 is 0 Å². The summed E-state index contributed by atoms with van der Waals surface area (Å²) < 4.78 is 0. The van der Waals surface area contributed by atoms with Crippen LogP contribution in [0.3, 0.4) is 0 Å². The third-order valence-corrected chi connectivity index (χ3v) is 3.77. The fourth-order valence-electron chi connectivity index (χ4n) is 2.55. The molecule has 124 valence electrons. The molecule has 0 aliphatic heterocycles. The number of nitrogen functional groups attached to an aromatic ring is 2. The molecule has 0 aliphatic carbocycles. The minimum Gasteiger partial charge on any atom is -0.478 e. The van der Waals surface area contributed by atoms with Crippen LogP contribution in [-0.4, -0.2) is 32.6 Å². The number of nitrogens with one attached hydrogen (secondary N) is 2. The lowest BCUT2D eigenvalue weighted by molar-refractivity contribution is 0.0697. The smallest absolute Gasteiger partial charge is 0.335 e. The summed E-state index contributed by atoms with van der Waals surface area (Å²) in [7, 11) is 0. The normalized spacial score (nSPS) is 11.0. The van der Waals surface area contributed by atoms with Gasteiger partial charge in [-0.1, -0.05) is 12.1 Å². The van der Waals surface area contributed by atoms with E-state index in [1.807, 2.05) is 18.3 Å². The van der Waals surface area contributed by atoms with Gasteiger partial charge in [-0.2, -0.15) is 9.97 Å². The molecule has 3 aromatic rings. The maximum Gasteiger partial charge on any atom is 0.335 e. The van der Waals surface area contributed by atoms with Gasteiger partial charge in [0.2, 0.25) is 5.95 Å². The Kier molecular flexibility index (Phi) is 4.30. The summed E-state index contributed by atoms with van der Waals surface area (Å²) in [4.78, 5) is 21.9. The van der Waals surface area contributed by atoms with Crippen molar-refractivity contribution >= 4 is 28.8 Å². The average Bonchev–Trinajstić information content (AvgIpc) is 2.95. The van der Waals surface area contributed by atoms with Crippen molar-refractivity contribution < 1.29 is 9.90 Å². The predicted octanol–water partition coefficient (Wildman–Crippen LogP) is 1.15. The first-order valence-corrected chi connectivity index (χ1v) is 7.46. The largest absolute Gasteiger partial charge is 0.478 e. The van der Waals surface area contributed by atoms with E-state index in [0.717, 1.165) is 29.5 Å². The van der Waals surface area contributed by atoms with Gasteiger partial charge in [-0.15, -0.1) is 0 Å². The first kappa shape index (κ1) is 15.8. The van der Waals surface area contributed by atoms with Gasteiger partial charge >= 0.3 is 5.97 Å². The summed E-state index contributed by atoms with van der Waals surface area (Å²) in [6.45, 7) is 1.36. The zero-order valence-electron chi connectivity index (χ0n) is 12.9. The molecule has 0 amide bonds. The van der Waals surface area contributed by atoms with Crippen LogP contribution in [0.25, 0.3) is 11.0 Å². The number of H-pyrrole nitrogens is 1. The number of fused-ring (bicyclic) bond motifs is 1. The lowest BCUT2D eigenvalue weighted by Gasteiger charge is -2.06. The van der Waals surface area contributed by atoms with Crippen molar-refractivity contribution in [2.45, 2.75) is 13.0 Å². The quantitative estimate of drug-likeness (QED) is 0.427. The number of nitrogens with two attached hydrogens (primary N) is 2. The molecule has 2 heterocycles. The third kappa shape index (κ3) is 3.28. The number of carboxylic acids is 1. The standard InChI is InChI=1S/C16H18N6O2/c17-13-12-11(8-20-14(12)22-16(18)21-13)7-19-6-5-9-1-3-10(4-2-9)15(23)24/h1-4,8,19H,5-7H2,(H,23,24)(H5,17,18,20,21,22). The second-order valence-electron chi connectivity index (χ2n) is 5.43. The van der Waals surface area contributed by atoms with Gasteiger partial charge < -0.3 is 26.9 Å². The van der Waals surface area contributed by atoms with Crippen LogP contribution in [0, 0.1) is 0 Å². The number of aromatic carboxylic acids is 1. The van der Waals surface area contributed by atoms with E-state index in [2.05, 4.69) is 20.3 Å². The molecule has 2 aromatic heterocycles. The van der Waals surface area contributed by atoms with Crippen molar-refractivity contribution in [3.63, 3.8) is 0 Å². The van der Waals surface area contributed by atoms with Crippen molar-refractivity contribution in [2.24, 2.45) is 0 Å². The van der Waals surface area contributed by atoms with E-state index < -0.39 is 5.97 Å². The Morgan fingerprint density at radius 2 is 1.96 bits per heavy atom. The van der Waals surface area contributed by atoms with E-state index in [-0.39, 0.29) is 5.95 Å². The van der Waals surface area contributed by atoms with Crippen molar-refractivity contribution in [3.05, 3.63) is 47.2 Å². The molecule has 0 unspecified atom stereocenters. The molecule has 0 saturated heterocycles. The number of carbonyl (C=O) groups is 1. The van der Waals surface area contributed by atoms with Crippen LogP contribution in [0.1, 0.15) is 21.5 Å². The van der Waals surface area contributed by atoms with Gasteiger partial charge in [0.15, 0.2) is 0 Å². The Morgan fingerprint density at radius 1 is 1.21 bits per heavy atom. The number of rotatable bonds is 6. The molecule has 24 heavy (non-hydrogen) atoms. The SMILES string of the molecule is Nc1nc(N)c2c(CNCCc3ccc(C(=O)O)cc3)c[nH]c2n1. The molecule has 3 rings (SSSR count). The molecule has 0 fully saturated rings. The van der Waals surface area contributed by atoms with E-state index in [0.29, 0.717) is 23.6 Å². The number of hydrogen-bond acceptors (Lipinski definition) is 6. The Bertz CT molecular complexity index is 872. The monoisotopic (exact) mass is 326 g/mol. The Hall–Kier alpha value is -3.13. The molecule has 0 aliphatic rings. The van der Waals surface area contributed by atoms with Crippen LogP contribution < -0.4 is 16.8 Å². The number of anilines is 2. The van der Waals surface area contributed by atoms with Gasteiger partial charge in [0.1, 0.15) is 11.5 Å². The number of nitrogens with zero attached hydrogens (tertiary/aromatic N) is 2. The summed E-state index contributed by atoms with van der Waals surface area (Å²) in [5.41, 5.74) is 14.4. The summed E-state index contributed by atoms with van der Waals surface area (Å²) >= 11 is 0. The first-order chi connectivity index (χ1) is 11.5. The molecule has 7 N–H and O–H groups in total. The molecule has 1 aromatic carbocycles. The minimum atomic E-state index is -0.917. The summed E-state index contributed by atoms with van der Waals surface area (Å²) in [5, 5.41) is 13.0. The zero-order valence-corrected chi connectivity index (χ0v) is 12.9. The van der Waals surface area contributed by atoms with Gasteiger partial charge in [0.05, 0.1) is 10.9 Å². The predicted molar refractivity (Wildman–Crippen MR) is 91.5 cm³/mol. The molecule has 0 saturated carbocycles. The summed E-state index contributed by atoms with van der Waals surface area (Å²) in [6, 6.07) is 6.87. The van der Waals surface area contributed by atoms with E-state index >= 15 is 0 Å². The highest BCUT2D eigenvalue weighted by atomic mass is 16.4. The van der Waals surface area contributed by atoms with Gasteiger partial charge in [-0.3, -0.25) is 0 Å². The van der Waals surface area contributed by atoms with Crippen LogP contribution in [0.5, 0.6) is 0 Å². The van der Waals surface area contributed by atoms with Crippen LogP contribution in [0.4, 0.5) is 11.8 Å². The molecule has 0 bridgehead atoms. The Morgan fingerprint density at radius 3 is 2.67 bits per heavy atom. The van der Waals surface area contributed by atoms with Gasteiger partial charge in [-0.05, 0) is 36.2 Å². The maximum absolute atomic E-state index is 10.8. The van der Waals surface area contributed by atoms with E-state index in [9.17, 15) is 4.79 Å². The van der Waals surface area contributed by atoms with Gasteiger partial charge in [0.25, 0.3) is 0 Å². The number of hydrogen-bond donors (Lipinski definition) is 5. The highest BCUT2D eigenvalue weighted by molar-refractivity contribution is 5.90. The highest BCUT2D eigenvalue weighted by Gasteiger charge is 2.10. The number of benzene rings is 1. The topological polar surface area (TPSA) is 143 Å². The highest BCUT2D eigenvalue weighted by Crippen LogP contribution is 2.22. The van der Waals surface area contributed by atoms with E-state index in [1.54, 1.807) is 12.1 Å². The molecule has 8 nitrogen and oxygen atoms in total. The Balaban J connectivity index is 1.58. The molecule has 0 radical (unpaired) electrons. The average molecular weight is 326 g/mol. The zero-order chi connectivity index (χ0) is 17.1. The van der Waals surface area contributed by atoms with E-state index in [1.165, 1.54) is 0 Å². The second kappa shape index (κ2) is 6.55. The van der Waals surface area contributed by atoms with Crippen molar-refractivity contribution in [3.8, 4) is 0 Å².